The summed E-state index contributed by atoms with van der Waals surface area (Å²) < 4.78 is 0. The van der Waals surface area contributed by atoms with Crippen molar-refractivity contribution in [3.05, 3.63) is 35.4 Å². The highest BCUT2D eigenvalue weighted by molar-refractivity contribution is 5.83. The van der Waals surface area contributed by atoms with Crippen molar-refractivity contribution in [3.63, 3.8) is 0 Å². The van der Waals surface area contributed by atoms with Gasteiger partial charge in [-0.25, -0.2) is 0 Å². The summed E-state index contributed by atoms with van der Waals surface area (Å²) in [5, 5.41) is 18.7. The summed E-state index contributed by atoms with van der Waals surface area (Å²) >= 11 is 0. The van der Waals surface area contributed by atoms with Crippen molar-refractivity contribution in [1.82, 2.24) is 0 Å². The molecular formula is C13H16O3. The van der Waals surface area contributed by atoms with Gasteiger partial charge in [-0.3, -0.25) is 4.79 Å². The van der Waals surface area contributed by atoms with Gasteiger partial charge in [-0.1, -0.05) is 31.2 Å². The number of aryl methyl sites for hydroxylation is 1. The average molecular weight is 220 g/mol. The van der Waals surface area contributed by atoms with Crippen LogP contribution in [-0.2, 0) is 16.6 Å². The van der Waals surface area contributed by atoms with Crippen LogP contribution in [0.25, 0.3) is 0 Å². The first-order valence-electron chi connectivity index (χ1n) is 5.59. The Morgan fingerprint density at radius 2 is 2.19 bits per heavy atom. The van der Waals surface area contributed by atoms with E-state index in [9.17, 15) is 15.0 Å². The molecule has 1 aromatic rings. The molecule has 0 bridgehead atoms. The molecule has 0 aliphatic heterocycles. The predicted octanol–water partition coefficient (Wildman–Crippen LogP) is 1.73. The van der Waals surface area contributed by atoms with E-state index in [2.05, 4.69) is 0 Å². The second-order valence-electron chi connectivity index (χ2n) is 4.50. The zero-order valence-electron chi connectivity index (χ0n) is 9.31. The maximum Gasteiger partial charge on any atom is 0.314 e. The van der Waals surface area contributed by atoms with Crippen LogP contribution in [0, 0.1) is 0 Å². The Morgan fingerprint density at radius 3 is 2.69 bits per heavy atom. The number of aliphatic carboxylic acids is 1. The smallest absolute Gasteiger partial charge is 0.314 e. The number of hydrogen-bond acceptors (Lipinski definition) is 2. The Labute approximate surface area is 94.7 Å². The molecule has 0 amide bonds. The molecule has 1 aliphatic rings. The fourth-order valence-corrected chi connectivity index (χ4v) is 2.37. The minimum absolute atomic E-state index is 0.329. The summed E-state index contributed by atoms with van der Waals surface area (Å²) in [4.78, 5) is 11.3. The molecule has 0 radical (unpaired) electrons. The Morgan fingerprint density at radius 1 is 1.50 bits per heavy atom. The number of carboxylic acids is 1. The first-order valence-corrected chi connectivity index (χ1v) is 5.59. The molecule has 0 saturated heterocycles. The lowest BCUT2D eigenvalue weighted by atomic mass is 9.62. The standard InChI is InChI=1S/C13H16O3/c1-2-9-4-3-5-10(6-9)13(12(15)16)7-11(14)8-13/h3-6,11,14H,2,7-8H2,1H3,(H,15,16). The number of aliphatic hydroxyl groups is 1. The van der Waals surface area contributed by atoms with Gasteiger partial charge in [-0.2, -0.15) is 0 Å². The quantitative estimate of drug-likeness (QED) is 0.815. The summed E-state index contributed by atoms with van der Waals surface area (Å²) in [5.74, 6) is -0.828. The van der Waals surface area contributed by atoms with Gasteiger partial charge >= 0.3 is 5.97 Å². The fourth-order valence-electron chi connectivity index (χ4n) is 2.37. The molecular weight excluding hydrogens is 204 g/mol. The van der Waals surface area contributed by atoms with Crippen LogP contribution < -0.4 is 0 Å². The zero-order chi connectivity index (χ0) is 11.8. The van der Waals surface area contributed by atoms with Crippen molar-refractivity contribution < 1.29 is 15.0 Å². The van der Waals surface area contributed by atoms with Gasteiger partial charge in [0.2, 0.25) is 0 Å². The van der Waals surface area contributed by atoms with Crippen molar-refractivity contribution in [1.29, 1.82) is 0 Å². The van der Waals surface area contributed by atoms with Gasteiger partial charge in [-0.15, -0.1) is 0 Å². The summed E-state index contributed by atoms with van der Waals surface area (Å²) in [6, 6.07) is 7.68. The van der Waals surface area contributed by atoms with Gasteiger partial charge < -0.3 is 10.2 Å². The van der Waals surface area contributed by atoms with Gasteiger partial charge in [0.05, 0.1) is 11.5 Å². The molecule has 0 spiro atoms. The molecule has 3 heteroatoms. The molecule has 86 valence electrons. The van der Waals surface area contributed by atoms with Gasteiger partial charge in [0.1, 0.15) is 0 Å². The van der Waals surface area contributed by atoms with Crippen LogP contribution in [0.2, 0.25) is 0 Å². The van der Waals surface area contributed by atoms with Gasteiger partial charge in [0.15, 0.2) is 0 Å². The lowest BCUT2D eigenvalue weighted by Crippen LogP contribution is -2.50. The monoisotopic (exact) mass is 220 g/mol. The van der Waals surface area contributed by atoms with Crippen molar-refractivity contribution >= 4 is 5.97 Å². The van der Waals surface area contributed by atoms with Crippen LogP contribution in [0.5, 0.6) is 0 Å². The van der Waals surface area contributed by atoms with E-state index in [0.29, 0.717) is 12.8 Å². The summed E-state index contributed by atoms with van der Waals surface area (Å²) in [7, 11) is 0. The Hall–Kier alpha value is -1.35. The molecule has 2 N–H and O–H groups in total. The fraction of sp³-hybridized carbons (Fsp3) is 0.462. The van der Waals surface area contributed by atoms with Crippen molar-refractivity contribution in [3.8, 4) is 0 Å². The highest BCUT2D eigenvalue weighted by Crippen LogP contribution is 2.44. The van der Waals surface area contributed by atoms with Gasteiger partial charge in [0.25, 0.3) is 0 Å². The number of carbonyl (C=O) groups is 1. The van der Waals surface area contributed by atoms with E-state index < -0.39 is 17.5 Å². The first-order chi connectivity index (χ1) is 7.58. The van der Waals surface area contributed by atoms with E-state index in [4.69, 9.17) is 0 Å². The number of benzene rings is 1. The van der Waals surface area contributed by atoms with Gasteiger partial charge in [0, 0.05) is 0 Å². The van der Waals surface area contributed by atoms with Crippen molar-refractivity contribution in [2.75, 3.05) is 0 Å². The van der Waals surface area contributed by atoms with Crippen molar-refractivity contribution in [2.24, 2.45) is 0 Å². The first kappa shape index (κ1) is 11.1. The van der Waals surface area contributed by atoms with E-state index in [1.807, 2.05) is 31.2 Å². The molecule has 3 nitrogen and oxygen atoms in total. The number of aliphatic hydroxyl groups excluding tert-OH is 1. The second-order valence-corrected chi connectivity index (χ2v) is 4.50. The van der Waals surface area contributed by atoms with Crippen LogP contribution in [-0.4, -0.2) is 22.3 Å². The summed E-state index contributed by atoms with van der Waals surface area (Å²) in [5.41, 5.74) is 1.11. The highest BCUT2D eigenvalue weighted by atomic mass is 16.4. The largest absolute Gasteiger partial charge is 0.481 e. The normalized spacial score (nSPS) is 28.5. The van der Waals surface area contributed by atoms with Crippen LogP contribution in [0.15, 0.2) is 24.3 Å². The molecule has 2 rings (SSSR count). The maximum absolute atomic E-state index is 11.3. The van der Waals surface area contributed by atoms with Crippen LogP contribution >= 0.6 is 0 Å². The average Bonchev–Trinajstić information content (AvgIpc) is 2.24. The molecule has 1 aromatic carbocycles. The Bertz CT molecular complexity index is 405. The number of rotatable bonds is 3. The van der Waals surface area contributed by atoms with E-state index in [1.54, 1.807) is 0 Å². The van der Waals surface area contributed by atoms with Crippen molar-refractivity contribution in [2.45, 2.75) is 37.7 Å². The lowest BCUT2D eigenvalue weighted by molar-refractivity contribution is -0.152. The van der Waals surface area contributed by atoms with Crippen LogP contribution in [0.1, 0.15) is 30.9 Å². The minimum Gasteiger partial charge on any atom is -0.481 e. The van der Waals surface area contributed by atoms with Crippen LogP contribution in [0.4, 0.5) is 0 Å². The highest BCUT2D eigenvalue weighted by Gasteiger charge is 2.51. The zero-order valence-corrected chi connectivity index (χ0v) is 9.31. The van der Waals surface area contributed by atoms with E-state index in [1.165, 1.54) is 0 Å². The van der Waals surface area contributed by atoms with Crippen LogP contribution in [0.3, 0.4) is 0 Å². The molecule has 0 heterocycles. The van der Waals surface area contributed by atoms with Gasteiger partial charge in [-0.05, 0) is 30.4 Å². The number of hydrogen-bond donors (Lipinski definition) is 2. The second kappa shape index (κ2) is 3.91. The molecule has 1 aliphatic carbocycles. The third-order valence-electron chi connectivity index (χ3n) is 3.47. The number of carboxylic acid groups (broad SMARTS) is 1. The molecule has 16 heavy (non-hydrogen) atoms. The molecule has 0 aromatic heterocycles. The molecule has 1 saturated carbocycles. The van der Waals surface area contributed by atoms with E-state index in [0.717, 1.165) is 17.5 Å². The maximum atomic E-state index is 11.3. The summed E-state index contributed by atoms with van der Waals surface area (Å²) in [6.07, 6.45) is 1.08. The molecule has 1 fully saturated rings. The Kier molecular flexibility index (Phi) is 2.72. The third kappa shape index (κ3) is 1.61. The predicted molar refractivity (Wildman–Crippen MR) is 60.4 cm³/mol. The lowest BCUT2D eigenvalue weighted by Gasteiger charge is -2.42. The third-order valence-corrected chi connectivity index (χ3v) is 3.47. The SMILES string of the molecule is CCc1cccc(C2(C(=O)O)CC(O)C2)c1. The topological polar surface area (TPSA) is 57.5 Å². The van der Waals surface area contributed by atoms with E-state index in [-0.39, 0.29) is 0 Å². The van der Waals surface area contributed by atoms with E-state index >= 15 is 0 Å². The summed E-state index contributed by atoms with van der Waals surface area (Å²) in [6.45, 7) is 2.04. The molecule has 0 atom stereocenters. The Balaban J connectivity index is 2.37. The minimum atomic E-state index is -0.857. The molecule has 0 unspecified atom stereocenters.